The number of nitrogens with one attached hydrogen (secondary N) is 2. The Labute approximate surface area is 129 Å². The van der Waals surface area contributed by atoms with Gasteiger partial charge in [0.05, 0.1) is 0 Å². The molecule has 1 rings (SSSR count). The molecule has 1 aromatic carbocycles. The molecule has 0 fully saturated rings. The zero-order chi connectivity index (χ0) is 16.4. The number of rotatable bonds is 7. The average Bonchev–Trinajstić information content (AvgIpc) is 2.51. The second kappa shape index (κ2) is 9.38. The number of hydrogen-bond acceptors (Lipinski definition) is 5. The molecule has 0 aliphatic heterocycles. The minimum absolute atomic E-state index is 0.459. The summed E-state index contributed by atoms with van der Waals surface area (Å²) in [5.74, 6) is -0.864. The Kier molecular flexibility index (Phi) is 7.45. The van der Waals surface area contributed by atoms with Gasteiger partial charge in [-0.15, -0.1) is 0 Å². The predicted molar refractivity (Wildman–Crippen MR) is 79.3 cm³/mol. The Morgan fingerprint density at radius 2 is 1.86 bits per heavy atom. The Balaban J connectivity index is 2.29. The van der Waals surface area contributed by atoms with Gasteiger partial charge in [0.2, 0.25) is 0 Å². The van der Waals surface area contributed by atoms with Crippen LogP contribution in [0.15, 0.2) is 30.3 Å². The van der Waals surface area contributed by atoms with Gasteiger partial charge in [0.15, 0.2) is 12.7 Å². The highest BCUT2D eigenvalue weighted by molar-refractivity contribution is 5.95. The molecule has 0 radical (unpaired) electrons. The lowest BCUT2D eigenvalue weighted by Gasteiger charge is -2.13. The molecule has 0 saturated carbocycles. The Bertz CT molecular complexity index is 504. The maximum Gasteiger partial charge on any atom is 0.347 e. The van der Waals surface area contributed by atoms with E-state index in [4.69, 9.17) is 9.47 Å². The minimum atomic E-state index is -0.857. The summed E-state index contributed by atoms with van der Waals surface area (Å²) < 4.78 is 10.1. The van der Waals surface area contributed by atoms with Crippen LogP contribution in [0.1, 0.15) is 20.3 Å². The van der Waals surface area contributed by atoms with Crippen molar-refractivity contribution in [3.63, 3.8) is 0 Å². The molecule has 0 spiro atoms. The molecule has 120 valence electrons. The van der Waals surface area contributed by atoms with Crippen LogP contribution in [0.2, 0.25) is 0 Å². The molecule has 0 aromatic heterocycles. The molecule has 7 nitrogen and oxygen atoms in total. The summed E-state index contributed by atoms with van der Waals surface area (Å²) in [6.45, 7) is 3.32. The molecule has 0 unspecified atom stereocenters. The summed E-state index contributed by atoms with van der Waals surface area (Å²) >= 11 is 0. The Hall–Kier alpha value is -2.57. The van der Waals surface area contributed by atoms with Gasteiger partial charge in [-0.2, -0.15) is 0 Å². The van der Waals surface area contributed by atoms with E-state index in [1.165, 1.54) is 6.92 Å². The molecule has 0 aliphatic carbocycles. The number of para-hydroxylation sites is 1. The van der Waals surface area contributed by atoms with Crippen molar-refractivity contribution in [1.29, 1.82) is 0 Å². The fourth-order valence-corrected chi connectivity index (χ4v) is 1.45. The standard InChI is InChI=1S/C15H20N2O5/c1-3-9-16-15(20)17-13(18)10-21-14(19)11(2)22-12-7-5-4-6-8-12/h4-8,11H,3,9-10H2,1-2H3,(H2,16,17,18,20)/t11-/m1/s1. The Morgan fingerprint density at radius 3 is 2.50 bits per heavy atom. The highest BCUT2D eigenvalue weighted by atomic mass is 16.6. The third-order valence-electron chi connectivity index (χ3n) is 2.52. The van der Waals surface area contributed by atoms with Gasteiger partial charge in [0.25, 0.3) is 5.91 Å². The van der Waals surface area contributed by atoms with Gasteiger partial charge < -0.3 is 14.8 Å². The molecule has 22 heavy (non-hydrogen) atoms. The van der Waals surface area contributed by atoms with Gasteiger partial charge >= 0.3 is 12.0 Å². The van der Waals surface area contributed by atoms with Crippen molar-refractivity contribution < 1.29 is 23.9 Å². The SMILES string of the molecule is CCCNC(=O)NC(=O)COC(=O)[C@@H](C)Oc1ccccc1. The molecule has 2 N–H and O–H groups in total. The number of esters is 1. The third-order valence-corrected chi connectivity index (χ3v) is 2.52. The van der Waals surface area contributed by atoms with E-state index in [2.05, 4.69) is 10.6 Å². The van der Waals surface area contributed by atoms with Crippen LogP contribution < -0.4 is 15.4 Å². The fraction of sp³-hybridized carbons (Fsp3) is 0.400. The lowest BCUT2D eigenvalue weighted by Crippen LogP contribution is -2.42. The quantitative estimate of drug-likeness (QED) is 0.739. The number of carbonyl (C=O) groups excluding carboxylic acids is 3. The van der Waals surface area contributed by atoms with Crippen molar-refractivity contribution in [2.75, 3.05) is 13.2 Å². The fourth-order valence-electron chi connectivity index (χ4n) is 1.45. The summed E-state index contributed by atoms with van der Waals surface area (Å²) in [7, 11) is 0. The monoisotopic (exact) mass is 308 g/mol. The van der Waals surface area contributed by atoms with Crippen LogP contribution >= 0.6 is 0 Å². The van der Waals surface area contributed by atoms with E-state index in [9.17, 15) is 14.4 Å². The predicted octanol–water partition coefficient (Wildman–Crippen LogP) is 1.23. The first kappa shape index (κ1) is 17.5. The Morgan fingerprint density at radius 1 is 1.18 bits per heavy atom. The van der Waals surface area contributed by atoms with Crippen molar-refractivity contribution in [1.82, 2.24) is 10.6 Å². The zero-order valence-corrected chi connectivity index (χ0v) is 12.6. The van der Waals surface area contributed by atoms with Crippen LogP contribution in [0.3, 0.4) is 0 Å². The lowest BCUT2D eigenvalue weighted by atomic mass is 10.3. The molecule has 0 bridgehead atoms. The number of urea groups is 1. The molecular formula is C15H20N2O5. The zero-order valence-electron chi connectivity index (χ0n) is 12.6. The van der Waals surface area contributed by atoms with Gasteiger partial charge in [-0.3, -0.25) is 10.1 Å². The van der Waals surface area contributed by atoms with Gasteiger partial charge in [-0.25, -0.2) is 9.59 Å². The molecule has 7 heteroatoms. The first-order chi connectivity index (χ1) is 10.5. The van der Waals surface area contributed by atoms with Crippen molar-refractivity contribution in [3.05, 3.63) is 30.3 Å². The van der Waals surface area contributed by atoms with E-state index in [0.29, 0.717) is 12.3 Å². The van der Waals surface area contributed by atoms with Crippen LogP contribution in [-0.4, -0.2) is 37.2 Å². The summed E-state index contributed by atoms with van der Waals surface area (Å²) in [5.41, 5.74) is 0. The average molecular weight is 308 g/mol. The van der Waals surface area contributed by atoms with Crippen LogP contribution in [0, 0.1) is 0 Å². The van der Waals surface area contributed by atoms with Crippen LogP contribution in [0.5, 0.6) is 5.75 Å². The number of amides is 3. The van der Waals surface area contributed by atoms with Gasteiger partial charge in [-0.1, -0.05) is 25.1 Å². The number of imide groups is 1. The van der Waals surface area contributed by atoms with Gasteiger partial charge in [0.1, 0.15) is 5.75 Å². The first-order valence-corrected chi connectivity index (χ1v) is 6.99. The van der Waals surface area contributed by atoms with E-state index in [0.717, 1.165) is 6.42 Å². The van der Waals surface area contributed by atoms with Crippen molar-refractivity contribution in [2.24, 2.45) is 0 Å². The minimum Gasteiger partial charge on any atom is -0.479 e. The smallest absolute Gasteiger partial charge is 0.347 e. The summed E-state index contributed by atoms with van der Waals surface area (Å²) in [6, 6.07) is 8.16. The third kappa shape index (κ3) is 6.74. The molecular weight excluding hydrogens is 288 g/mol. The van der Waals surface area contributed by atoms with Crippen LogP contribution in [-0.2, 0) is 14.3 Å². The molecule has 0 heterocycles. The molecule has 1 atom stereocenters. The number of benzene rings is 1. The molecule has 0 saturated heterocycles. The van der Waals surface area contributed by atoms with Crippen molar-refractivity contribution in [3.8, 4) is 5.75 Å². The van der Waals surface area contributed by atoms with E-state index in [1.807, 2.05) is 13.0 Å². The highest BCUT2D eigenvalue weighted by Crippen LogP contribution is 2.11. The second-order valence-electron chi connectivity index (χ2n) is 4.48. The van der Waals surface area contributed by atoms with Crippen LogP contribution in [0.4, 0.5) is 4.79 Å². The normalized spacial score (nSPS) is 11.2. The largest absolute Gasteiger partial charge is 0.479 e. The van der Waals surface area contributed by atoms with E-state index in [-0.39, 0.29) is 0 Å². The van der Waals surface area contributed by atoms with Crippen molar-refractivity contribution >= 4 is 17.9 Å². The number of hydrogen-bond donors (Lipinski definition) is 2. The van der Waals surface area contributed by atoms with Gasteiger partial charge in [-0.05, 0) is 25.5 Å². The summed E-state index contributed by atoms with van der Waals surface area (Å²) in [6.07, 6.45) is -0.102. The maximum atomic E-state index is 11.7. The molecule has 1 aromatic rings. The number of carbonyl (C=O) groups is 3. The maximum absolute atomic E-state index is 11.7. The van der Waals surface area contributed by atoms with Crippen molar-refractivity contribution in [2.45, 2.75) is 26.4 Å². The summed E-state index contributed by atoms with van der Waals surface area (Å²) in [5, 5.41) is 4.52. The first-order valence-electron chi connectivity index (χ1n) is 6.99. The summed E-state index contributed by atoms with van der Waals surface area (Å²) in [4.78, 5) is 34.3. The second-order valence-corrected chi connectivity index (χ2v) is 4.48. The topological polar surface area (TPSA) is 93.7 Å². The van der Waals surface area contributed by atoms with Gasteiger partial charge in [0, 0.05) is 6.54 Å². The lowest BCUT2D eigenvalue weighted by molar-refractivity contribution is -0.154. The number of ether oxygens (including phenoxy) is 2. The van der Waals surface area contributed by atoms with E-state index < -0.39 is 30.6 Å². The highest BCUT2D eigenvalue weighted by Gasteiger charge is 2.18. The van der Waals surface area contributed by atoms with Crippen LogP contribution in [0.25, 0.3) is 0 Å². The van der Waals surface area contributed by atoms with E-state index in [1.54, 1.807) is 24.3 Å². The van der Waals surface area contributed by atoms with E-state index >= 15 is 0 Å². The molecule has 3 amide bonds. The molecule has 0 aliphatic rings.